The van der Waals surface area contributed by atoms with Gasteiger partial charge in [-0.2, -0.15) is 22.0 Å². The van der Waals surface area contributed by atoms with E-state index in [1.807, 2.05) is 0 Å². The molecule has 1 rings (SSSR count). The van der Waals surface area contributed by atoms with Crippen molar-refractivity contribution in [3.8, 4) is 5.75 Å². The molecule has 0 spiro atoms. The molecule has 1 aromatic rings. The summed E-state index contributed by atoms with van der Waals surface area (Å²) in [7, 11) is 0. The van der Waals surface area contributed by atoms with Gasteiger partial charge in [0.2, 0.25) is 0 Å². The lowest BCUT2D eigenvalue weighted by Crippen LogP contribution is -2.38. The fraction of sp³-hybridized carbons (Fsp3) is 0.538. The lowest BCUT2D eigenvalue weighted by molar-refractivity contribution is -0.159. The topological polar surface area (TPSA) is 41.5 Å². The Morgan fingerprint density at radius 1 is 1.24 bits per heavy atom. The summed E-state index contributed by atoms with van der Waals surface area (Å²) in [6.45, 7) is -1.92. The summed E-state index contributed by atoms with van der Waals surface area (Å²) in [5.41, 5.74) is -0.450. The van der Waals surface area contributed by atoms with E-state index >= 15 is 0 Å². The molecule has 2 atom stereocenters. The summed E-state index contributed by atoms with van der Waals surface area (Å²) in [5.74, 6) is -0.548. The highest BCUT2D eigenvalue weighted by Gasteiger charge is 2.42. The second-order valence-corrected chi connectivity index (χ2v) is 4.36. The van der Waals surface area contributed by atoms with Crippen molar-refractivity contribution < 1.29 is 31.8 Å². The standard InChI is InChI=1S/C13H16F5NO2/c1-2-8(20)7-19-11(13(16,17)18)9-5-3-4-6-10(9)21-12(14)15/h3-6,8,11-12,19-20H,2,7H2,1H3/t8-,11?/m1/s1. The Kier molecular flexibility index (Phi) is 6.35. The summed E-state index contributed by atoms with van der Waals surface area (Å²) < 4.78 is 67.9. The highest BCUT2D eigenvalue weighted by Crippen LogP contribution is 2.37. The Morgan fingerprint density at radius 2 is 1.86 bits per heavy atom. The number of hydrogen-bond donors (Lipinski definition) is 2. The van der Waals surface area contributed by atoms with Crippen molar-refractivity contribution in [2.45, 2.75) is 38.3 Å². The Balaban J connectivity index is 3.03. The molecule has 8 heteroatoms. The number of para-hydroxylation sites is 1. The van der Waals surface area contributed by atoms with Crippen LogP contribution in [0.5, 0.6) is 5.75 Å². The molecular weight excluding hydrogens is 297 g/mol. The zero-order valence-electron chi connectivity index (χ0n) is 11.2. The van der Waals surface area contributed by atoms with E-state index in [2.05, 4.69) is 10.1 Å². The van der Waals surface area contributed by atoms with Crippen molar-refractivity contribution in [1.29, 1.82) is 0 Å². The van der Waals surface area contributed by atoms with Crippen LogP contribution in [0.4, 0.5) is 22.0 Å². The van der Waals surface area contributed by atoms with Crippen LogP contribution in [0.15, 0.2) is 24.3 Å². The molecule has 0 amide bonds. The molecule has 3 nitrogen and oxygen atoms in total. The average Bonchev–Trinajstić information content (AvgIpc) is 2.38. The minimum Gasteiger partial charge on any atom is -0.434 e. The Morgan fingerprint density at radius 3 is 2.38 bits per heavy atom. The number of nitrogens with one attached hydrogen (secondary N) is 1. The maximum absolute atomic E-state index is 13.1. The van der Waals surface area contributed by atoms with Crippen molar-refractivity contribution in [1.82, 2.24) is 5.32 Å². The van der Waals surface area contributed by atoms with Crippen LogP contribution in [0.3, 0.4) is 0 Å². The van der Waals surface area contributed by atoms with Gasteiger partial charge >= 0.3 is 12.8 Å². The molecule has 21 heavy (non-hydrogen) atoms. The molecule has 0 fully saturated rings. The highest BCUT2D eigenvalue weighted by atomic mass is 19.4. The fourth-order valence-electron chi connectivity index (χ4n) is 1.72. The van der Waals surface area contributed by atoms with Crippen LogP contribution in [0.2, 0.25) is 0 Å². The molecule has 0 aliphatic heterocycles. The minimum atomic E-state index is -4.71. The zero-order valence-corrected chi connectivity index (χ0v) is 11.2. The van der Waals surface area contributed by atoms with E-state index in [0.717, 1.165) is 12.1 Å². The smallest absolute Gasteiger partial charge is 0.408 e. The van der Waals surface area contributed by atoms with Crippen LogP contribution in [-0.4, -0.2) is 30.5 Å². The second-order valence-electron chi connectivity index (χ2n) is 4.36. The van der Waals surface area contributed by atoms with Gasteiger partial charge in [-0.15, -0.1) is 0 Å². The Hall–Kier alpha value is -1.41. The highest BCUT2D eigenvalue weighted by molar-refractivity contribution is 5.36. The van der Waals surface area contributed by atoms with E-state index in [4.69, 9.17) is 0 Å². The van der Waals surface area contributed by atoms with Gasteiger partial charge in [-0.1, -0.05) is 25.1 Å². The molecule has 0 radical (unpaired) electrons. The molecule has 0 saturated heterocycles. The van der Waals surface area contributed by atoms with Crippen molar-refractivity contribution in [3.63, 3.8) is 0 Å². The predicted octanol–water partition coefficient (Wildman–Crippen LogP) is 3.25. The first-order chi connectivity index (χ1) is 9.75. The van der Waals surface area contributed by atoms with E-state index in [1.165, 1.54) is 12.1 Å². The van der Waals surface area contributed by atoms with Crippen LogP contribution < -0.4 is 10.1 Å². The van der Waals surface area contributed by atoms with Gasteiger partial charge in [0.15, 0.2) is 0 Å². The van der Waals surface area contributed by atoms with Crippen LogP contribution >= 0.6 is 0 Å². The largest absolute Gasteiger partial charge is 0.434 e. The lowest BCUT2D eigenvalue weighted by Gasteiger charge is -2.25. The minimum absolute atomic E-state index is 0.271. The second kappa shape index (κ2) is 7.56. The molecule has 0 aromatic heterocycles. The number of halogens is 5. The normalized spacial score (nSPS) is 15.0. The van der Waals surface area contributed by atoms with Crippen molar-refractivity contribution in [2.24, 2.45) is 0 Å². The molecule has 0 aliphatic rings. The first-order valence-electron chi connectivity index (χ1n) is 6.27. The van der Waals surface area contributed by atoms with Gasteiger partial charge in [-0.25, -0.2) is 0 Å². The SMILES string of the molecule is CC[C@@H](O)CNC(c1ccccc1OC(F)F)C(F)(F)F. The zero-order chi connectivity index (χ0) is 16.0. The summed E-state index contributed by atoms with van der Waals surface area (Å²) in [5, 5.41) is 11.5. The predicted molar refractivity (Wildman–Crippen MR) is 66.2 cm³/mol. The molecule has 0 heterocycles. The number of benzene rings is 1. The van der Waals surface area contributed by atoms with Crippen LogP contribution in [0.1, 0.15) is 24.9 Å². The fourth-order valence-corrected chi connectivity index (χ4v) is 1.72. The number of aliphatic hydroxyl groups excluding tert-OH is 1. The third-order valence-corrected chi connectivity index (χ3v) is 2.80. The van der Waals surface area contributed by atoms with Gasteiger partial charge in [0.25, 0.3) is 0 Å². The van der Waals surface area contributed by atoms with Crippen LogP contribution in [-0.2, 0) is 0 Å². The summed E-state index contributed by atoms with van der Waals surface area (Å²) in [6.07, 6.45) is -5.40. The van der Waals surface area contributed by atoms with E-state index in [-0.39, 0.29) is 13.0 Å². The van der Waals surface area contributed by atoms with Gasteiger partial charge in [-0.3, -0.25) is 5.32 Å². The van der Waals surface area contributed by atoms with Gasteiger partial charge in [0, 0.05) is 12.1 Å². The molecule has 120 valence electrons. The molecule has 0 bridgehead atoms. The van der Waals surface area contributed by atoms with E-state index in [1.54, 1.807) is 6.92 Å². The molecule has 0 saturated carbocycles. The lowest BCUT2D eigenvalue weighted by atomic mass is 10.0. The molecule has 1 aromatic carbocycles. The third-order valence-electron chi connectivity index (χ3n) is 2.80. The Labute approximate surface area is 118 Å². The summed E-state index contributed by atoms with van der Waals surface area (Å²) in [4.78, 5) is 0. The van der Waals surface area contributed by atoms with Gasteiger partial charge in [-0.05, 0) is 12.5 Å². The summed E-state index contributed by atoms with van der Waals surface area (Å²) >= 11 is 0. The van der Waals surface area contributed by atoms with Crippen molar-refractivity contribution in [2.75, 3.05) is 6.54 Å². The quantitative estimate of drug-likeness (QED) is 0.759. The number of ether oxygens (including phenoxy) is 1. The van der Waals surface area contributed by atoms with Crippen molar-refractivity contribution in [3.05, 3.63) is 29.8 Å². The summed E-state index contributed by atoms with van der Waals surface area (Å²) in [6, 6.07) is 2.49. The van der Waals surface area contributed by atoms with Crippen LogP contribution in [0, 0.1) is 0 Å². The van der Waals surface area contributed by atoms with E-state index in [0.29, 0.717) is 0 Å². The van der Waals surface area contributed by atoms with Gasteiger partial charge in [0.05, 0.1) is 6.10 Å². The Bertz CT molecular complexity index is 439. The van der Waals surface area contributed by atoms with Gasteiger partial charge in [0.1, 0.15) is 11.8 Å². The first kappa shape index (κ1) is 17.6. The maximum Gasteiger partial charge on any atom is 0.408 e. The number of rotatable bonds is 7. The molecule has 1 unspecified atom stereocenters. The molecule has 2 N–H and O–H groups in total. The average molecular weight is 313 g/mol. The first-order valence-corrected chi connectivity index (χ1v) is 6.27. The molecule has 0 aliphatic carbocycles. The monoisotopic (exact) mass is 313 g/mol. The number of alkyl halides is 5. The number of aliphatic hydroxyl groups is 1. The number of hydrogen-bond acceptors (Lipinski definition) is 3. The van der Waals surface area contributed by atoms with E-state index in [9.17, 15) is 27.1 Å². The molecular formula is C13H16F5NO2. The van der Waals surface area contributed by atoms with E-state index < -0.39 is 36.2 Å². The van der Waals surface area contributed by atoms with Crippen LogP contribution in [0.25, 0.3) is 0 Å². The third kappa shape index (κ3) is 5.47. The van der Waals surface area contributed by atoms with Gasteiger partial charge < -0.3 is 9.84 Å². The van der Waals surface area contributed by atoms with Crippen molar-refractivity contribution >= 4 is 0 Å². The maximum atomic E-state index is 13.1.